The third kappa shape index (κ3) is 2.39. The summed E-state index contributed by atoms with van der Waals surface area (Å²) in [5.74, 6) is -0.409. The summed E-state index contributed by atoms with van der Waals surface area (Å²) >= 11 is 3.34. The number of rotatable bonds is 1. The largest absolute Gasteiger partial charge is 0.366 e. The molecule has 0 fully saturated rings. The highest BCUT2D eigenvalue weighted by Gasteiger charge is 2.07. The second-order valence-electron chi connectivity index (χ2n) is 2.76. The second kappa shape index (κ2) is 4.98. The number of carbonyl (C=O) groups excluding carboxylic acids is 1. The maximum absolute atomic E-state index is 11.0. The Hall–Kier alpha value is -1.29. The summed E-state index contributed by atoms with van der Waals surface area (Å²) < 4.78 is 0.970. The zero-order chi connectivity index (χ0) is 11.4. The highest BCUT2D eigenvalue weighted by Crippen LogP contribution is 2.21. The van der Waals surface area contributed by atoms with Crippen molar-refractivity contribution in [2.45, 2.75) is 13.8 Å². The van der Waals surface area contributed by atoms with Crippen molar-refractivity contribution in [1.82, 2.24) is 4.98 Å². The van der Waals surface area contributed by atoms with Crippen LogP contribution in [-0.2, 0) is 0 Å². The van der Waals surface area contributed by atoms with Gasteiger partial charge >= 0.3 is 0 Å². The number of benzene rings is 1. The van der Waals surface area contributed by atoms with Crippen molar-refractivity contribution in [3.05, 3.63) is 34.4 Å². The van der Waals surface area contributed by atoms with Gasteiger partial charge in [0, 0.05) is 21.6 Å². The summed E-state index contributed by atoms with van der Waals surface area (Å²) in [7, 11) is 0. The van der Waals surface area contributed by atoms with E-state index in [4.69, 9.17) is 5.73 Å². The number of aromatic amines is 1. The molecule has 3 N–H and O–H groups in total. The van der Waals surface area contributed by atoms with E-state index in [0.29, 0.717) is 5.56 Å². The molecule has 3 nitrogen and oxygen atoms in total. The number of hydrogen-bond acceptors (Lipinski definition) is 1. The predicted molar refractivity (Wildman–Crippen MR) is 65.9 cm³/mol. The van der Waals surface area contributed by atoms with E-state index in [1.807, 2.05) is 32.0 Å². The van der Waals surface area contributed by atoms with Gasteiger partial charge < -0.3 is 10.7 Å². The van der Waals surface area contributed by atoms with E-state index < -0.39 is 5.91 Å². The molecular weight excluding hydrogens is 256 g/mol. The predicted octanol–water partition coefficient (Wildman–Crippen LogP) is 3.06. The summed E-state index contributed by atoms with van der Waals surface area (Å²) in [4.78, 5) is 13.9. The van der Waals surface area contributed by atoms with Gasteiger partial charge in [-0.3, -0.25) is 4.79 Å². The highest BCUT2D eigenvalue weighted by atomic mass is 79.9. The van der Waals surface area contributed by atoms with E-state index in [9.17, 15) is 4.79 Å². The molecule has 4 heteroatoms. The molecule has 0 aliphatic heterocycles. The minimum Gasteiger partial charge on any atom is -0.366 e. The molecule has 0 unspecified atom stereocenters. The fourth-order valence-electron chi connectivity index (χ4n) is 1.30. The first kappa shape index (κ1) is 11.8. The van der Waals surface area contributed by atoms with E-state index in [1.165, 1.54) is 0 Å². The zero-order valence-corrected chi connectivity index (χ0v) is 10.3. The van der Waals surface area contributed by atoms with E-state index >= 15 is 0 Å². The molecule has 80 valence electrons. The van der Waals surface area contributed by atoms with Gasteiger partial charge in [-0.1, -0.05) is 35.8 Å². The van der Waals surface area contributed by atoms with Crippen LogP contribution in [0.3, 0.4) is 0 Å². The third-order valence-corrected chi connectivity index (χ3v) is 2.40. The van der Waals surface area contributed by atoms with Gasteiger partial charge in [0.25, 0.3) is 5.91 Å². The number of nitrogens with one attached hydrogen (secondary N) is 1. The Kier molecular flexibility index (Phi) is 3.91. The molecule has 0 saturated heterocycles. The zero-order valence-electron chi connectivity index (χ0n) is 8.67. The lowest BCUT2D eigenvalue weighted by molar-refractivity contribution is 0.100. The quantitative estimate of drug-likeness (QED) is 0.821. The number of nitrogens with two attached hydrogens (primary N) is 1. The van der Waals surface area contributed by atoms with Crippen molar-refractivity contribution in [3.63, 3.8) is 0 Å². The molecule has 1 aromatic heterocycles. The standard InChI is InChI=1S/C9H7BrN2O.C2H6/c10-5-1-2-6-7(9(11)13)4-12-8(6)3-5;1-2/h1-4,12H,(H2,11,13);1-2H3. The summed E-state index contributed by atoms with van der Waals surface area (Å²) in [6.45, 7) is 4.00. The Morgan fingerprint density at radius 1 is 1.40 bits per heavy atom. The maximum atomic E-state index is 11.0. The SMILES string of the molecule is CC.NC(=O)c1c[nH]c2cc(Br)ccc12. The summed E-state index contributed by atoms with van der Waals surface area (Å²) in [5, 5.41) is 0.857. The van der Waals surface area contributed by atoms with Crippen molar-refractivity contribution in [1.29, 1.82) is 0 Å². The van der Waals surface area contributed by atoms with Crippen LogP contribution < -0.4 is 5.73 Å². The first-order valence-electron chi connectivity index (χ1n) is 4.75. The van der Waals surface area contributed by atoms with E-state index in [-0.39, 0.29) is 0 Å². The van der Waals surface area contributed by atoms with E-state index in [0.717, 1.165) is 15.4 Å². The van der Waals surface area contributed by atoms with Crippen LogP contribution in [-0.4, -0.2) is 10.9 Å². The average Bonchev–Trinajstić information content (AvgIpc) is 2.63. The topological polar surface area (TPSA) is 58.9 Å². The number of primary amides is 1. The molecule has 2 aromatic rings. The molecular formula is C11H13BrN2O. The van der Waals surface area contributed by atoms with Gasteiger partial charge in [0.05, 0.1) is 5.56 Å². The van der Waals surface area contributed by atoms with Gasteiger partial charge in [-0.2, -0.15) is 0 Å². The molecule has 0 radical (unpaired) electrons. The van der Waals surface area contributed by atoms with Gasteiger partial charge in [-0.05, 0) is 12.1 Å². The fraction of sp³-hybridized carbons (Fsp3) is 0.182. The maximum Gasteiger partial charge on any atom is 0.250 e. The molecule has 1 amide bonds. The van der Waals surface area contributed by atoms with Crippen LogP contribution in [0.25, 0.3) is 10.9 Å². The lowest BCUT2D eigenvalue weighted by Crippen LogP contribution is -2.09. The molecule has 0 aliphatic rings. The first-order valence-corrected chi connectivity index (χ1v) is 5.54. The third-order valence-electron chi connectivity index (χ3n) is 1.91. The van der Waals surface area contributed by atoms with Crippen LogP contribution in [0, 0.1) is 0 Å². The summed E-state index contributed by atoms with van der Waals surface area (Å²) in [6.07, 6.45) is 1.62. The Labute approximate surface area is 96.8 Å². The van der Waals surface area contributed by atoms with E-state index in [1.54, 1.807) is 6.20 Å². The van der Waals surface area contributed by atoms with Gasteiger partial charge in [0.15, 0.2) is 0 Å². The Bertz CT molecular complexity index is 476. The number of halogens is 1. The van der Waals surface area contributed by atoms with E-state index in [2.05, 4.69) is 20.9 Å². The Balaban J connectivity index is 0.000000531. The number of amides is 1. The highest BCUT2D eigenvalue weighted by molar-refractivity contribution is 9.10. The monoisotopic (exact) mass is 268 g/mol. The van der Waals surface area contributed by atoms with Crippen molar-refractivity contribution in [2.75, 3.05) is 0 Å². The van der Waals surface area contributed by atoms with Gasteiger partial charge in [0.2, 0.25) is 0 Å². The molecule has 0 bridgehead atoms. The summed E-state index contributed by atoms with van der Waals surface area (Å²) in [6, 6.07) is 5.64. The normalized spacial score (nSPS) is 9.53. The second-order valence-corrected chi connectivity index (χ2v) is 3.67. The number of H-pyrrole nitrogens is 1. The number of carbonyl (C=O) groups is 1. The van der Waals surface area contributed by atoms with Crippen molar-refractivity contribution < 1.29 is 4.79 Å². The van der Waals surface area contributed by atoms with Crippen LogP contribution in [0.1, 0.15) is 24.2 Å². The Morgan fingerprint density at radius 2 is 2.07 bits per heavy atom. The number of hydrogen-bond donors (Lipinski definition) is 2. The average molecular weight is 269 g/mol. The number of aromatic nitrogens is 1. The fourth-order valence-corrected chi connectivity index (χ4v) is 1.66. The van der Waals surface area contributed by atoms with Crippen LogP contribution in [0.5, 0.6) is 0 Å². The van der Waals surface area contributed by atoms with Crippen LogP contribution >= 0.6 is 15.9 Å². The smallest absolute Gasteiger partial charge is 0.250 e. The molecule has 2 rings (SSSR count). The minimum atomic E-state index is -0.409. The van der Waals surface area contributed by atoms with Gasteiger partial charge in [-0.15, -0.1) is 0 Å². The van der Waals surface area contributed by atoms with Crippen LogP contribution in [0.15, 0.2) is 28.9 Å². The lowest BCUT2D eigenvalue weighted by atomic mass is 10.2. The molecule has 1 aromatic carbocycles. The van der Waals surface area contributed by atoms with Crippen molar-refractivity contribution >= 4 is 32.7 Å². The molecule has 1 heterocycles. The van der Waals surface area contributed by atoms with Gasteiger partial charge in [-0.25, -0.2) is 0 Å². The van der Waals surface area contributed by atoms with Crippen molar-refractivity contribution in [2.24, 2.45) is 5.73 Å². The number of fused-ring (bicyclic) bond motifs is 1. The van der Waals surface area contributed by atoms with Crippen LogP contribution in [0.2, 0.25) is 0 Å². The lowest BCUT2D eigenvalue weighted by Gasteiger charge is -1.93. The first-order chi connectivity index (χ1) is 7.18. The summed E-state index contributed by atoms with van der Waals surface area (Å²) in [5.41, 5.74) is 6.63. The molecule has 0 atom stereocenters. The van der Waals surface area contributed by atoms with Crippen LogP contribution in [0.4, 0.5) is 0 Å². The minimum absolute atomic E-state index is 0.409. The van der Waals surface area contributed by atoms with Crippen molar-refractivity contribution in [3.8, 4) is 0 Å². The molecule has 0 saturated carbocycles. The molecule has 0 aliphatic carbocycles. The Morgan fingerprint density at radius 3 is 2.67 bits per heavy atom. The molecule has 15 heavy (non-hydrogen) atoms. The van der Waals surface area contributed by atoms with Gasteiger partial charge in [0.1, 0.15) is 0 Å². The molecule has 0 spiro atoms.